The SMILES string of the molecule is O=Cc1cccc(OCCCCCCCCCCOc2cc(C=O)ccc2O)c1. The van der Waals surface area contributed by atoms with Crippen molar-refractivity contribution in [1.29, 1.82) is 0 Å². The minimum atomic E-state index is 0.0658. The van der Waals surface area contributed by atoms with Crippen LogP contribution in [0.5, 0.6) is 17.2 Å². The van der Waals surface area contributed by atoms with Gasteiger partial charge in [-0.3, -0.25) is 9.59 Å². The molecule has 2 rings (SSSR count). The number of hydrogen-bond acceptors (Lipinski definition) is 5. The Kier molecular flexibility index (Phi) is 10.4. The number of carbonyl (C=O) groups is 2. The summed E-state index contributed by atoms with van der Waals surface area (Å²) < 4.78 is 11.2. The van der Waals surface area contributed by atoms with Gasteiger partial charge >= 0.3 is 0 Å². The zero-order chi connectivity index (χ0) is 20.7. The summed E-state index contributed by atoms with van der Waals surface area (Å²) in [5, 5.41) is 9.72. The van der Waals surface area contributed by atoms with E-state index in [1.54, 1.807) is 24.3 Å². The van der Waals surface area contributed by atoms with E-state index >= 15 is 0 Å². The van der Waals surface area contributed by atoms with Crippen LogP contribution in [0.1, 0.15) is 72.1 Å². The van der Waals surface area contributed by atoms with Gasteiger partial charge in [-0.05, 0) is 43.2 Å². The molecule has 0 aliphatic carbocycles. The molecule has 29 heavy (non-hydrogen) atoms. The van der Waals surface area contributed by atoms with Crippen molar-refractivity contribution in [3.8, 4) is 17.2 Å². The minimum Gasteiger partial charge on any atom is -0.504 e. The molecule has 0 aromatic heterocycles. The van der Waals surface area contributed by atoms with Crippen LogP contribution in [0.15, 0.2) is 42.5 Å². The molecule has 2 aromatic rings. The Morgan fingerprint density at radius 2 is 1.28 bits per heavy atom. The molecule has 5 heteroatoms. The molecule has 0 spiro atoms. The van der Waals surface area contributed by atoms with E-state index in [1.165, 1.54) is 31.7 Å². The average molecular weight is 398 g/mol. The topological polar surface area (TPSA) is 72.8 Å². The van der Waals surface area contributed by atoms with E-state index in [0.29, 0.717) is 30.1 Å². The Hall–Kier alpha value is -2.82. The molecular weight excluding hydrogens is 368 g/mol. The summed E-state index contributed by atoms with van der Waals surface area (Å²) >= 11 is 0. The second kappa shape index (κ2) is 13.4. The fraction of sp³-hybridized carbons (Fsp3) is 0.417. The van der Waals surface area contributed by atoms with E-state index in [9.17, 15) is 14.7 Å². The van der Waals surface area contributed by atoms with E-state index in [0.717, 1.165) is 44.0 Å². The third-order valence-corrected chi connectivity index (χ3v) is 4.68. The van der Waals surface area contributed by atoms with Crippen molar-refractivity contribution in [2.75, 3.05) is 13.2 Å². The summed E-state index contributed by atoms with van der Waals surface area (Å²) in [5.41, 5.74) is 1.14. The van der Waals surface area contributed by atoms with Crippen molar-refractivity contribution in [3.63, 3.8) is 0 Å². The normalized spacial score (nSPS) is 10.5. The maximum absolute atomic E-state index is 10.8. The first-order chi connectivity index (χ1) is 14.2. The molecule has 2 aromatic carbocycles. The molecule has 0 saturated carbocycles. The number of ether oxygens (including phenoxy) is 2. The lowest BCUT2D eigenvalue weighted by atomic mass is 10.1. The molecule has 156 valence electrons. The number of aromatic hydroxyl groups is 1. The highest BCUT2D eigenvalue weighted by Crippen LogP contribution is 2.26. The van der Waals surface area contributed by atoms with Crippen LogP contribution in [0.4, 0.5) is 0 Å². The molecule has 0 fully saturated rings. The molecule has 0 aliphatic heterocycles. The highest BCUT2D eigenvalue weighted by Gasteiger charge is 2.03. The van der Waals surface area contributed by atoms with Crippen LogP contribution in [0, 0.1) is 0 Å². The lowest BCUT2D eigenvalue weighted by Crippen LogP contribution is -1.98. The Morgan fingerprint density at radius 3 is 1.93 bits per heavy atom. The first kappa shape index (κ1) is 22.5. The van der Waals surface area contributed by atoms with Crippen LogP contribution in [-0.2, 0) is 0 Å². The van der Waals surface area contributed by atoms with Crippen molar-refractivity contribution in [2.24, 2.45) is 0 Å². The highest BCUT2D eigenvalue weighted by atomic mass is 16.5. The number of carbonyl (C=O) groups excluding carboxylic acids is 2. The van der Waals surface area contributed by atoms with Crippen molar-refractivity contribution in [2.45, 2.75) is 51.4 Å². The van der Waals surface area contributed by atoms with Gasteiger partial charge in [0, 0.05) is 11.1 Å². The summed E-state index contributed by atoms with van der Waals surface area (Å²) in [6, 6.07) is 11.8. The number of unbranched alkanes of at least 4 members (excludes halogenated alkanes) is 7. The van der Waals surface area contributed by atoms with Gasteiger partial charge in [-0.25, -0.2) is 0 Å². The fourth-order valence-electron chi connectivity index (χ4n) is 3.03. The summed E-state index contributed by atoms with van der Waals surface area (Å²) in [4.78, 5) is 21.5. The number of rotatable bonds is 15. The molecule has 0 unspecified atom stereocenters. The zero-order valence-corrected chi connectivity index (χ0v) is 16.8. The summed E-state index contributed by atoms with van der Waals surface area (Å²) in [6.07, 6.45) is 10.5. The molecule has 0 saturated heterocycles. The van der Waals surface area contributed by atoms with Gasteiger partial charge < -0.3 is 14.6 Å². The van der Waals surface area contributed by atoms with Gasteiger partial charge in [0.05, 0.1) is 13.2 Å². The Balaban J connectivity index is 1.42. The number of aldehydes is 2. The van der Waals surface area contributed by atoms with E-state index in [-0.39, 0.29) is 5.75 Å². The number of phenols is 1. The van der Waals surface area contributed by atoms with Crippen LogP contribution in [0.3, 0.4) is 0 Å². The van der Waals surface area contributed by atoms with Gasteiger partial charge in [-0.2, -0.15) is 0 Å². The first-order valence-corrected chi connectivity index (χ1v) is 10.3. The molecular formula is C24H30O5. The van der Waals surface area contributed by atoms with Gasteiger partial charge in [-0.1, -0.05) is 50.7 Å². The minimum absolute atomic E-state index is 0.0658. The predicted octanol–water partition coefficient (Wildman–Crippen LogP) is 5.60. The molecule has 5 nitrogen and oxygen atoms in total. The van der Waals surface area contributed by atoms with Gasteiger partial charge in [-0.15, -0.1) is 0 Å². The lowest BCUT2D eigenvalue weighted by molar-refractivity contribution is 0.111. The van der Waals surface area contributed by atoms with Gasteiger partial charge in [0.15, 0.2) is 11.5 Å². The van der Waals surface area contributed by atoms with Crippen molar-refractivity contribution in [3.05, 3.63) is 53.6 Å². The summed E-state index contributed by atoms with van der Waals surface area (Å²) in [7, 11) is 0. The maximum Gasteiger partial charge on any atom is 0.161 e. The predicted molar refractivity (Wildman–Crippen MR) is 113 cm³/mol. The highest BCUT2D eigenvalue weighted by molar-refractivity contribution is 5.76. The smallest absolute Gasteiger partial charge is 0.161 e. The third-order valence-electron chi connectivity index (χ3n) is 4.68. The Bertz CT molecular complexity index is 757. The standard InChI is InChI=1S/C24H30O5/c25-18-20-10-9-11-22(16-20)28-14-7-5-3-1-2-4-6-8-15-29-24-17-21(19-26)12-13-23(24)27/h9-13,16-19,27H,1-8,14-15H2. The number of benzene rings is 2. The quantitative estimate of drug-likeness (QED) is 0.312. The van der Waals surface area contributed by atoms with Crippen LogP contribution in [0.25, 0.3) is 0 Å². The summed E-state index contributed by atoms with van der Waals surface area (Å²) in [5.74, 6) is 1.19. The van der Waals surface area contributed by atoms with Gasteiger partial charge in [0.1, 0.15) is 18.3 Å². The van der Waals surface area contributed by atoms with E-state index in [2.05, 4.69) is 0 Å². The maximum atomic E-state index is 10.8. The average Bonchev–Trinajstić information content (AvgIpc) is 2.75. The molecule has 1 N–H and O–H groups in total. The van der Waals surface area contributed by atoms with Crippen LogP contribution in [0.2, 0.25) is 0 Å². The second-order valence-corrected chi connectivity index (χ2v) is 7.06. The van der Waals surface area contributed by atoms with Crippen LogP contribution >= 0.6 is 0 Å². The molecule has 0 amide bonds. The molecule has 0 bridgehead atoms. The second-order valence-electron chi connectivity index (χ2n) is 7.06. The van der Waals surface area contributed by atoms with E-state index in [4.69, 9.17) is 9.47 Å². The fourth-order valence-corrected chi connectivity index (χ4v) is 3.03. The Morgan fingerprint density at radius 1 is 0.690 bits per heavy atom. The van der Waals surface area contributed by atoms with E-state index in [1.807, 2.05) is 12.1 Å². The summed E-state index contributed by atoms with van der Waals surface area (Å²) in [6.45, 7) is 1.22. The van der Waals surface area contributed by atoms with Crippen molar-refractivity contribution in [1.82, 2.24) is 0 Å². The van der Waals surface area contributed by atoms with Crippen LogP contribution < -0.4 is 9.47 Å². The van der Waals surface area contributed by atoms with Crippen molar-refractivity contribution >= 4 is 12.6 Å². The Labute approximate surface area is 172 Å². The zero-order valence-electron chi connectivity index (χ0n) is 16.8. The molecule has 0 heterocycles. The largest absolute Gasteiger partial charge is 0.504 e. The van der Waals surface area contributed by atoms with Crippen molar-refractivity contribution < 1.29 is 24.2 Å². The van der Waals surface area contributed by atoms with Gasteiger partial charge in [0.25, 0.3) is 0 Å². The molecule has 0 aliphatic rings. The van der Waals surface area contributed by atoms with Crippen LogP contribution in [-0.4, -0.2) is 30.9 Å². The molecule has 0 radical (unpaired) electrons. The number of phenolic OH excluding ortho intramolecular Hbond substituents is 1. The third kappa shape index (κ3) is 8.81. The monoisotopic (exact) mass is 398 g/mol. The lowest BCUT2D eigenvalue weighted by Gasteiger charge is -2.08. The molecule has 0 atom stereocenters. The van der Waals surface area contributed by atoms with E-state index < -0.39 is 0 Å². The van der Waals surface area contributed by atoms with Gasteiger partial charge in [0.2, 0.25) is 0 Å². The number of hydrogen-bond donors (Lipinski definition) is 1. The first-order valence-electron chi connectivity index (χ1n) is 10.3.